The smallest absolute Gasteiger partial charge is 0.776 e. The van der Waals surface area contributed by atoms with Crippen LogP contribution < -0.4 is 68.9 Å². The van der Waals surface area contributed by atoms with E-state index in [2.05, 4.69) is 0 Å². The normalized spacial score (nSPS) is 17.9. The van der Waals surface area contributed by atoms with E-state index in [-0.39, 0.29) is 125 Å². The minimum atomic E-state index is -5.64. The van der Waals surface area contributed by atoms with Gasteiger partial charge in [-0.3, -0.25) is 0 Å². The van der Waals surface area contributed by atoms with Crippen LogP contribution in [0.15, 0.2) is 0 Å². The van der Waals surface area contributed by atoms with Crippen molar-refractivity contribution in [2.45, 2.75) is 37.7 Å². The molecule has 0 aromatic heterocycles. The molecule has 0 aliphatic heterocycles. The second-order valence-corrected chi connectivity index (χ2v) is 8.49. The van der Waals surface area contributed by atoms with Crippen molar-refractivity contribution in [2.24, 2.45) is 0 Å². The molecule has 0 saturated heterocycles. The maximum absolute atomic E-state index is 11.0. The topological polar surface area (TPSA) is 144 Å². The standard InChI is InChI=1S/C9H23NO7P2.4Na/c1-3-4-5-7-10(2)8-6-9(11,18(12,13)14)19(15,16)17;;;;/h11H,3-8H2,1-2H3,(H2,12,13,14)(H2,15,16,17);;;;/q;;;2*+1/p-2. The van der Waals surface area contributed by atoms with Gasteiger partial charge >= 0.3 is 59.1 Å². The van der Waals surface area contributed by atoms with Gasteiger partial charge in [-0.15, -0.1) is 0 Å². The molecule has 0 aromatic rings. The summed E-state index contributed by atoms with van der Waals surface area (Å²) in [4.78, 5) is 41.1. The fourth-order valence-corrected chi connectivity index (χ4v) is 3.57. The molecule has 14 heteroatoms. The van der Waals surface area contributed by atoms with Crippen LogP contribution in [0.2, 0.25) is 0 Å². The molecule has 2 unspecified atom stereocenters. The van der Waals surface area contributed by atoms with Gasteiger partial charge in [0.2, 0.25) is 0 Å². The Morgan fingerprint density at radius 2 is 1.39 bits per heavy atom. The van der Waals surface area contributed by atoms with Crippen molar-refractivity contribution < 1.29 is 92.9 Å². The van der Waals surface area contributed by atoms with Gasteiger partial charge in [-0.1, -0.05) is 19.8 Å². The van der Waals surface area contributed by atoms with E-state index in [0.717, 1.165) is 19.3 Å². The SMILES string of the molecule is CCCCCN(C)CCC(O)(P(=O)([O-])O)P(=O)([O-])O.[Na+].[Na+].[Na].[Na]. The number of nitrogens with zero attached hydrogens (tertiary/aromatic N) is 1. The average molecular weight is 409 g/mol. The van der Waals surface area contributed by atoms with E-state index < -0.39 is 26.7 Å². The number of rotatable bonds is 9. The third-order valence-corrected chi connectivity index (χ3v) is 6.65. The summed E-state index contributed by atoms with van der Waals surface area (Å²) in [7, 11) is -9.67. The predicted octanol–water partition coefficient (Wildman–Crippen LogP) is -7.52. The molecule has 0 fully saturated rings. The molecule has 0 saturated carbocycles. The van der Waals surface area contributed by atoms with Gasteiger partial charge in [-0.2, -0.15) is 0 Å². The first-order valence-electron chi connectivity index (χ1n) is 5.94. The van der Waals surface area contributed by atoms with Gasteiger partial charge in [0, 0.05) is 72.1 Å². The summed E-state index contributed by atoms with van der Waals surface area (Å²) in [5, 5.41) is 6.00. The van der Waals surface area contributed by atoms with Crippen LogP contribution in [0.5, 0.6) is 0 Å². The largest absolute Gasteiger partial charge is 1.00 e. The summed E-state index contributed by atoms with van der Waals surface area (Å²) in [6.45, 7) is 2.50. The molecule has 0 rings (SSSR count). The van der Waals surface area contributed by atoms with E-state index in [9.17, 15) is 24.0 Å². The second kappa shape index (κ2) is 17.1. The van der Waals surface area contributed by atoms with E-state index in [0.29, 0.717) is 6.54 Å². The Labute approximate surface area is 226 Å². The van der Waals surface area contributed by atoms with Gasteiger partial charge < -0.3 is 38.7 Å². The van der Waals surface area contributed by atoms with Crippen molar-refractivity contribution in [3.05, 3.63) is 0 Å². The van der Waals surface area contributed by atoms with Gasteiger partial charge in [0.05, 0.1) is 0 Å². The van der Waals surface area contributed by atoms with Crippen molar-refractivity contribution in [3.63, 3.8) is 0 Å². The van der Waals surface area contributed by atoms with Crippen LogP contribution >= 0.6 is 15.2 Å². The Balaban J connectivity index is -0.000000270. The molecular formula is C9H21NNa4O7P2. The third-order valence-electron chi connectivity index (χ3n) is 2.88. The number of unbranched alkanes of at least 4 members (excludes halogenated alkanes) is 2. The van der Waals surface area contributed by atoms with Crippen LogP contribution in [-0.4, -0.2) is 104 Å². The zero-order valence-corrected chi connectivity index (χ0v) is 24.8. The summed E-state index contributed by atoms with van der Waals surface area (Å²) >= 11 is 0. The molecule has 0 bridgehead atoms. The zero-order chi connectivity index (χ0) is 15.3. The molecule has 8 nitrogen and oxygen atoms in total. The van der Waals surface area contributed by atoms with Crippen LogP contribution in [0.25, 0.3) is 0 Å². The van der Waals surface area contributed by atoms with Gasteiger partial charge in [0.25, 0.3) is 0 Å². The van der Waals surface area contributed by atoms with Crippen molar-refractivity contribution in [2.75, 3.05) is 20.1 Å². The second-order valence-electron chi connectivity index (χ2n) is 4.58. The molecule has 118 valence electrons. The third kappa shape index (κ3) is 13.9. The minimum absolute atomic E-state index is 0. The first-order valence-corrected chi connectivity index (χ1v) is 9.10. The molecule has 0 aliphatic carbocycles. The summed E-state index contributed by atoms with van der Waals surface area (Å²) in [6.07, 6.45) is 1.99. The summed E-state index contributed by atoms with van der Waals surface area (Å²) in [5.41, 5.74) is 0. The molecule has 0 amide bonds. The van der Waals surface area contributed by atoms with E-state index in [1.54, 1.807) is 11.9 Å². The van der Waals surface area contributed by atoms with Crippen LogP contribution in [0, 0.1) is 0 Å². The number of aliphatic hydroxyl groups is 1. The number of hydrogen-bond donors (Lipinski definition) is 3. The van der Waals surface area contributed by atoms with Gasteiger partial charge in [-0.25, -0.2) is 0 Å². The Morgan fingerprint density at radius 3 is 1.70 bits per heavy atom. The Morgan fingerprint density at radius 1 is 1.00 bits per heavy atom. The van der Waals surface area contributed by atoms with Gasteiger partial charge in [0.15, 0.2) is 20.3 Å². The average Bonchev–Trinajstić information content (AvgIpc) is 2.23. The Bertz CT molecular complexity index is 357. The van der Waals surface area contributed by atoms with E-state index in [4.69, 9.17) is 9.79 Å². The fraction of sp³-hybridized carbons (Fsp3) is 1.00. The Kier molecular flexibility index (Phi) is 28.2. The van der Waals surface area contributed by atoms with Crippen molar-refractivity contribution in [1.29, 1.82) is 0 Å². The number of hydrogen-bond acceptors (Lipinski definition) is 6. The van der Waals surface area contributed by atoms with E-state index >= 15 is 0 Å². The zero-order valence-electron chi connectivity index (χ0n) is 15.1. The van der Waals surface area contributed by atoms with Crippen LogP contribution in [0.1, 0.15) is 32.6 Å². The first kappa shape index (κ1) is 37.9. The Hall–Kier alpha value is 4.22. The summed E-state index contributed by atoms with van der Waals surface area (Å²) < 4.78 is 21.9. The van der Waals surface area contributed by atoms with Gasteiger partial charge in [-0.05, 0) is 20.0 Å². The molecule has 0 aromatic carbocycles. The quantitative estimate of drug-likeness (QED) is 0.194. The van der Waals surface area contributed by atoms with E-state index in [1.807, 2.05) is 6.92 Å². The van der Waals surface area contributed by atoms with Crippen LogP contribution in [0.4, 0.5) is 0 Å². The molecule has 0 aliphatic rings. The summed E-state index contributed by atoms with van der Waals surface area (Å²) in [5.74, 6) is 0. The predicted molar refractivity (Wildman–Crippen MR) is 77.7 cm³/mol. The van der Waals surface area contributed by atoms with E-state index in [1.165, 1.54) is 0 Å². The van der Waals surface area contributed by atoms with Crippen molar-refractivity contribution in [1.82, 2.24) is 4.90 Å². The maximum atomic E-state index is 11.0. The molecule has 2 radical (unpaired) electrons. The van der Waals surface area contributed by atoms with Crippen LogP contribution in [0.3, 0.4) is 0 Å². The molecule has 0 heterocycles. The van der Waals surface area contributed by atoms with Crippen LogP contribution in [-0.2, 0) is 9.13 Å². The summed E-state index contributed by atoms with van der Waals surface area (Å²) in [6, 6.07) is 0. The molecular weight excluding hydrogens is 388 g/mol. The molecule has 23 heavy (non-hydrogen) atoms. The van der Waals surface area contributed by atoms with Crippen molar-refractivity contribution >= 4 is 74.3 Å². The molecule has 3 N–H and O–H groups in total. The maximum Gasteiger partial charge on any atom is 1.00 e. The molecule has 0 spiro atoms. The fourth-order valence-electron chi connectivity index (χ4n) is 1.53. The van der Waals surface area contributed by atoms with Crippen molar-refractivity contribution in [3.8, 4) is 0 Å². The minimum Gasteiger partial charge on any atom is -0.776 e. The first-order chi connectivity index (χ1) is 8.45. The molecule has 2 atom stereocenters. The monoisotopic (exact) mass is 409 g/mol. The van der Waals surface area contributed by atoms with Gasteiger partial charge in [0.1, 0.15) is 0 Å².